The molecule has 0 aromatic heterocycles. The Labute approximate surface area is 112 Å². The van der Waals surface area contributed by atoms with Crippen molar-refractivity contribution < 1.29 is 8.42 Å². The van der Waals surface area contributed by atoms with Crippen molar-refractivity contribution in [3.05, 3.63) is 0 Å². The zero-order valence-corrected chi connectivity index (χ0v) is 12.6. The number of nitrogens with zero attached hydrogens (tertiary/aromatic N) is 1. The van der Waals surface area contributed by atoms with E-state index < -0.39 is 10.2 Å². The summed E-state index contributed by atoms with van der Waals surface area (Å²) in [6.07, 6.45) is 2.07. The topological polar surface area (TPSA) is 61.4 Å². The van der Waals surface area contributed by atoms with Crippen LogP contribution < -0.4 is 10.0 Å². The van der Waals surface area contributed by atoms with Crippen LogP contribution >= 0.6 is 0 Å². The molecule has 0 amide bonds. The summed E-state index contributed by atoms with van der Waals surface area (Å²) in [5, 5.41) is 3.30. The number of nitrogens with one attached hydrogen (secondary N) is 2. The molecule has 0 spiro atoms. The molecule has 0 aromatic rings. The van der Waals surface area contributed by atoms with Crippen LogP contribution in [-0.4, -0.2) is 45.4 Å². The van der Waals surface area contributed by atoms with Crippen LogP contribution in [0.5, 0.6) is 0 Å². The summed E-state index contributed by atoms with van der Waals surface area (Å²) in [5.74, 6) is 0.774. The lowest BCUT2D eigenvalue weighted by atomic mass is 10.00. The van der Waals surface area contributed by atoms with Gasteiger partial charge in [-0.3, -0.25) is 0 Å². The van der Waals surface area contributed by atoms with E-state index in [0.29, 0.717) is 31.5 Å². The fourth-order valence-electron chi connectivity index (χ4n) is 2.12. The van der Waals surface area contributed by atoms with Gasteiger partial charge in [-0.05, 0) is 37.8 Å². The van der Waals surface area contributed by atoms with Crippen LogP contribution in [0.3, 0.4) is 0 Å². The molecule has 1 unspecified atom stereocenters. The van der Waals surface area contributed by atoms with Crippen molar-refractivity contribution in [3.63, 3.8) is 0 Å². The van der Waals surface area contributed by atoms with E-state index >= 15 is 0 Å². The van der Waals surface area contributed by atoms with Gasteiger partial charge in [0.25, 0.3) is 10.2 Å². The first kappa shape index (κ1) is 15.9. The zero-order valence-electron chi connectivity index (χ0n) is 11.8. The van der Waals surface area contributed by atoms with Crippen molar-refractivity contribution in [2.24, 2.45) is 11.8 Å². The van der Waals surface area contributed by atoms with Crippen LogP contribution in [0, 0.1) is 11.8 Å². The van der Waals surface area contributed by atoms with Gasteiger partial charge < -0.3 is 5.32 Å². The Balaban J connectivity index is 2.49. The van der Waals surface area contributed by atoms with E-state index in [2.05, 4.69) is 17.0 Å². The Kier molecular flexibility index (Phi) is 6.55. The Morgan fingerprint density at radius 2 is 2.11 bits per heavy atom. The van der Waals surface area contributed by atoms with Crippen molar-refractivity contribution >= 4 is 10.2 Å². The molecule has 6 heteroatoms. The van der Waals surface area contributed by atoms with Crippen molar-refractivity contribution in [2.75, 3.05) is 32.7 Å². The van der Waals surface area contributed by atoms with Gasteiger partial charge in [0, 0.05) is 19.6 Å². The summed E-state index contributed by atoms with van der Waals surface area (Å²) in [6, 6.07) is 0. The summed E-state index contributed by atoms with van der Waals surface area (Å²) in [5.41, 5.74) is 0. The molecule has 5 nitrogen and oxygen atoms in total. The molecule has 2 N–H and O–H groups in total. The maximum atomic E-state index is 12.1. The summed E-state index contributed by atoms with van der Waals surface area (Å²) in [7, 11) is -3.28. The van der Waals surface area contributed by atoms with E-state index in [1.165, 1.54) is 0 Å². The summed E-state index contributed by atoms with van der Waals surface area (Å²) in [4.78, 5) is 0. The smallest absolute Gasteiger partial charge is 0.279 e. The van der Waals surface area contributed by atoms with E-state index in [0.717, 1.165) is 25.9 Å². The lowest BCUT2D eigenvalue weighted by Crippen LogP contribution is -2.48. The van der Waals surface area contributed by atoms with Crippen molar-refractivity contribution in [2.45, 2.75) is 33.6 Å². The normalized spacial score (nSPS) is 22.6. The molecular formula is C12H27N3O2S. The predicted octanol–water partition coefficient (Wildman–Crippen LogP) is 0.798. The molecule has 0 aromatic carbocycles. The van der Waals surface area contributed by atoms with Gasteiger partial charge in [0.05, 0.1) is 0 Å². The van der Waals surface area contributed by atoms with Gasteiger partial charge in [-0.1, -0.05) is 20.8 Å². The Morgan fingerprint density at radius 1 is 1.39 bits per heavy atom. The first-order valence-electron chi connectivity index (χ1n) is 6.91. The summed E-state index contributed by atoms with van der Waals surface area (Å²) < 4.78 is 28.5. The number of hydrogen-bond donors (Lipinski definition) is 2. The third-order valence-corrected chi connectivity index (χ3v) is 4.72. The Hall–Kier alpha value is -0.170. The van der Waals surface area contributed by atoms with Gasteiger partial charge in [-0.2, -0.15) is 12.7 Å². The third kappa shape index (κ3) is 5.22. The summed E-state index contributed by atoms with van der Waals surface area (Å²) in [6.45, 7) is 9.73. The molecule has 1 saturated heterocycles. The quantitative estimate of drug-likeness (QED) is 0.723. The molecule has 1 atom stereocenters. The second-order valence-electron chi connectivity index (χ2n) is 5.42. The Bertz CT molecular complexity index is 330. The molecule has 0 radical (unpaired) electrons. The fraction of sp³-hybridized carbons (Fsp3) is 1.00. The van der Waals surface area contributed by atoms with Crippen LogP contribution in [0.1, 0.15) is 33.6 Å². The number of piperidine rings is 1. The van der Waals surface area contributed by atoms with Crippen LogP contribution in [0.15, 0.2) is 0 Å². The minimum Gasteiger partial charge on any atom is -0.317 e. The van der Waals surface area contributed by atoms with Gasteiger partial charge in [-0.15, -0.1) is 0 Å². The van der Waals surface area contributed by atoms with Gasteiger partial charge in [0.2, 0.25) is 0 Å². The summed E-state index contributed by atoms with van der Waals surface area (Å²) >= 11 is 0. The molecule has 1 fully saturated rings. The monoisotopic (exact) mass is 277 g/mol. The predicted molar refractivity (Wildman–Crippen MR) is 74.6 cm³/mol. The third-order valence-electron chi connectivity index (χ3n) is 3.18. The standard InChI is InChI=1S/C12H27N3O2S/c1-4-13-9-12-6-5-7-15(10-12)18(16,17)14-8-11(2)3/h11-14H,4-10H2,1-3H3. The number of rotatable bonds is 7. The maximum absolute atomic E-state index is 12.1. The van der Waals surface area contributed by atoms with Crippen molar-refractivity contribution in [1.82, 2.24) is 14.3 Å². The van der Waals surface area contributed by atoms with Gasteiger partial charge >= 0.3 is 0 Å². The van der Waals surface area contributed by atoms with Gasteiger partial charge in [0.15, 0.2) is 0 Å². The van der Waals surface area contributed by atoms with Crippen LogP contribution in [-0.2, 0) is 10.2 Å². The zero-order chi connectivity index (χ0) is 13.6. The second kappa shape index (κ2) is 7.43. The lowest BCUT2D eigenvalue weighted by molar-refractivity contribution is 0.258. The van der Waals surface area contributed by atoms with Crippen LogP contribution in [0.4, 0.5) is 0 Å². The average Bonchev–Trinajstić information content (AvgIpc) is 2.34. The highest BCUT2D eigenvalue weighted by molar-refractivity contribution is 7.87. The van der Waals surface area contributed by atoms with Gasteiger partial charge in [0.1, 0.15) is 0 Å². The Morgan fingerprint density at radius 3 is 2.72 bits per heavy atom. The molecule has 0 bridgehead atoms. The minimum atomic E-state index is -3.28. The van der Waals surface area contributed by atoms with Crippen molar-refractivity contribution in [1.29, 1.82) is 0 Å². The van der Waals surface area contributed by atoms with Crippen LogP contribution in [0.2, 0.25) is 0 Å². The van der Waals surface area contributed by atoms with Crippen LogP contribution in [0.25, 0.3) is 0 Å². The molecule has 1 aliphatic heterocycles. The molecule has 1 heterocycles. The van der Waals surface area contributed by atoms with E-state index in [4.69, 9.17) is 0 Å². The molecule has 1 aliphatic rings. The van der Waals surface area contributed by atoms with Crippen molar-refractivity contribution in [3.8, 4) is 0 Å². The lowest BCUT2D eigenvalue weighted by Gasteiger charge is -2.32. The van der Waals surface area contributed by atoms with Gasteiger partial charge in [-0.25, -0.2) is 4.72 Å². The SMILES string of the molecule is CCNCC1CCCN(S(=O)(=O)NCC(C)C)C1. The molecule has 0 saturated carbocycles. The highest BCUT2D eigenvalue weighted by Crippen LogP contribution is 2.18. The molecule has 108 valence electrons. The van der Waals surface area contributed by atoms with E-state index in [-0.39, 0.29) is 0 Å². The largest absolute Gasteiger partial charge is 0.317 e. The van der Waals surface area contributed by atoms with E-state index in [1.807, 2.05) is 13.8 Å². The molecule has 1 rings (SSSR count). The van der Waals surface area contributed by atoms with E-state index in [1.54, 1.807) is 4.31 Å². The average molecular weight is 277 g/mol. The first-order chi connectivity index (χ1) is 8.45. The molecule has 0 aliphatic carbocycles. The maximum Gasteiger partial charge on any atom is 0.279 e. The molecule has 18 heavy (non-hydrogen) atoms. The van der Waals surface area contributed by atoms with E-state index in [9.17, 15) is 8.42 Å². The number of hydrogen-bond acceptors (Lipinski definition) is 3. The molecular weight excluding hydrogens is 250 g/mol. The highest BCUT2D eigenvalue weighted by atomic mass is 32.2. The first-order valence-corrected chi connectivity index (χ1v) is 8.35. The second-order valence-corrected chi connectivity index (χ2v) is 7.18. The highest BCUT2D eigenvalue weighted by Gasteiger charge is 2.28. The minimum absolute atomic E-state index is 0.335. The fourth-order valence-corrected chi connectivity index (χ4v) is 3.63.